The van der Waals surface area contributed by atoms with E-state index in [1.165, 1.54) is 7.11 Å². The van der Waals surface area contributed by atoms with Crippen molar-refractivity contribution in [2.45, 2.75) is 13.0 Å². The number of aromatic amines is 1. The van der Waals surface area contributed by atoms with Gasteiger partial charge in [0.1, 0.15) is 5.69 Å². The van der Waals surface area contributed by atoms with Gasteiger partial charge in [0.05, 0.1) is 7.11 Å². The molecule has 0 unspecified atom stereocenters. The number of carbonyl (C=O) groups is 1. The van der Waals surface area contributed by atoms with Crippen molar-refractivity contribution in [3.05, 3.63) is 23.5 Å². The average Bonchev–Trinajstić information content (AvgIpc) is 2.51. The van der Waals surface area contributed by atoms with Crippen molar-refractivity contribution in [1.82, 2.24) is 4.98 Å². The number of nitrogens with one attached hydrogen (secondary N) is 1. The van der Waals surface area contributed by atoms with Crippen LogP contribution >= 0.6 is 0 Å². The third kappa shape index (κ3) is 1.65. The van der Waals surface area contributed by atoms with Crippen LogP contribution in [0.5, 0.6) is 0 Å². The van der Waals surface area contributed by atoms with Gasteiger partial charge in [-0.2, -0.15) is 0 Å². The monoisotopic (exact) mass is 168 g/mol. The van der Waals surface area contributed by atoms with E-state index in [9.17, 15) is 4.79 Å². The molecular formula is C8H12N2O2. The van der Waals surface area contributed by atoms with Crippen molar-refractivity contribution in [1.29, 1.82) is 0 Å². The molecule has 66 valence electrons. The lowest BCUT2D eigenvalue weighted by Crippen LogP contribution is -2.03. The second kappa shape index (κ2) is 3.40. The standard InChI is InChI=1S/C8H12N2O2/c1-5(9)6-3-7(10-4-6)8(11)12-2/h3-5,10H,9H2,1-2H3/t5-/m0/s1. The number of rotatable bonds is 2. The van der Waals surface area contributed by atoms with Crippen LogP contribution in [0.15, 0.2) is 12.3 Å². The van der Waals surface area contributed by atoms with E-state index < -0.39 is 0 Å². The summed E-state index contributed by atoms with van der Waals surface area (Å²) in [5.41, 5.74) is 6.93. The Morgan fingerprint density at radius 1 is 1.75 bits per heavy atom. The number of H-pyrrole nitrogens is 1. The predicted octanol–water partition coefficient (Wildman–Crippen LogP) is 0.821. The minimum atomic E-state index is -0.373. The van der Waals surface area contributed by atoms with Crippen LogP contribution in [0.1, 0.15) is 29.0 Å². The largest absolute Gasteiger partial charge is 0.464 e. The number of ether oxygens (including phenoxy) is 1. The normalized spacial score (nSPS) is 12.6. The van der Waals surface area contributed by atoms with E-state index in [2.05, 4.69) is 9.72 Å². The van der Waals surface area contributed by atoms with Gasteiger partial charge in [0.25, 0.3) is 0 Å². The summed E-state index contributed by atoms with van der Waals surface area (Å²) in [5, 5.41) is 0. The van der Waals surface area contributed by atoms with Crippen molar-refractivity contribution < 1.29 is 9.53 Å². The third-order valence-corrected chi connectivity index (χ3v) is 1.64. The highest BCUT2D eigenvalue weighted by molar-refractivity contribution is 5.87. The lowest BCUT2D eigenvalue weighted by Gasteiger charge is -1.97. The highest BCUT2D eigenvalue weighted by atomic mass is 16.5. The van der Waals surface area contributed by atoms with Crippen molar-refractivity contribution in [2.24, 2.45) is 5.73 Å². The Morgan fingerprint density at radius 3 is 2.83 bits per heavy atom. The molecule has 0 aliphatic rings. The summed E-state index contributed by atoms with van der Waals surface area (Å²) in [6.45, 7) is 1.85. The first-order valence-corrected chi connectivity index (χ1v) is 3.67. The molecule has 1 aromatic rings. The molecule has 0 aromatic carbocycles. The molecular weight excluding hydrogens is 156 g/mol. The number of aromatic nitrogens is 1. The molecule has 1 rings (SSSR count). The van der Waals surface area contributed by atoms with Gasteiger partial charge in [-0.25, -0.2) is 4.79 Å². The lowest BCUT2D eigenvalue weighted by atomic mass is 10.2. The fourth-order valence-corrected chi connectivity index (χ4v) is 0.902. The fraction of sp³-hybridized carbons (Fsp3) is 0.375. The summed E-state index contributed by atoms with van der Waals surface area (Å²) < 4.78 is 4.52. The summed E-state index contributed by atoms with van der Waals surface area (Å²) in [6.07, 6.45) is 1.71. The van der Waals surface area contributed by atoms with E-state index in [0.29, 0.717) is 5.69 Å². The van der Waals surface area contributed by atoms with Gasteiger partial charge in [0.2, 0.25) is 0 Å². The molecule has 1 heterocycles. The maximum absolute atomic E-state index is 11.0. The van der Waals surface area contributed by atoms with Gasteiger partial charge >= 0.3 is 5.97 Å². The summed E-state index contributed by atoms with van der Waals surface area (Å²) in [6, 6.07) is 1.62. The smallest absolute Gasteiger partial charge is 0.354 e. The molecule has 3 N–H and O–H groups in total. The molecule has 4 heteroatoms. The van der Waals surface area contributed by atoms with Gasteiger partial charge in [-0.1, -0.05) is 0 Å². The van der Waals surface area contributed by atoms with Gasteiger partial charge in [-0.05, 0) is 18.6 Å². The average molecular weight is 168 g/mol. The van der Waals surface area contributed by atoms with Gasteiger partial charge in [0.15, 0.2) is 0 Å². The maximum atomic E-state index is 11.0. The number of carbonyl (C=O) groups excluding carboxylic acids is 1. The number of nitrogens with two attached hydrogens (primary N) is 1. The molecule has 0 amide bonds. The topological polar surface area (TPSA) is 68.1 Å². The predicted molar refractivity (Wildman–Crippen MR) is 44.7 cm³/mol. The van der Waals surface area contributed by atoms with Crippen LogP contribution in [0.4, 0.5) is 0 Å². The quantitative estimate of drug-likeness (QED) is 0.642. The lowest BCUT2D eigenvalue weighted by molar-refractivity contribution is 0.0595. The molecule has 0 saturated heterocycles. The number of hydrogen-bond acceptors (Lipinski definition) is 3. The van der Waals surface area contributed by atoms with Crippen LogP contribution in [0.2, 0.25) is 0 Å². The first-order valence-electron chi connectivity index (χ1n) is 3.67. The van der Waals surface area contributed by atoms with Crippen molar-refractivity contribution in [2.75, 3.05) is 7.11 Å². The molecule has 0 spiro atoms. The van der Waals surface area contributed by atoms with Gasteiger partial charge in [-0.3, -0.25) is 0 Å². The summed E-state index contributed by atoms with van der Waals surface area (Å²) >= 11 is 0. The van der Waals surface area contributed by atoms with E-state index in [-0.39, 0.29) is 12.0 Å². The van der Waals surface area contributed by atoms with E-state index in [4.69, 9.17) is 5.73 Å². The van der Waals surface area contributed by atoms with Crippen LogP contribution in [-0.4, -0.2) is 18.1 Å². The number of methoxy groups -OCH3 is 1. The third-order valence-electron chi connectivity index (χ3n) is 1.64. The number of esters is 1. The van der Waals surface area contributed by atoms with Crippen molar-refractivity contribution in [3.63, 3.8) is 0 Å². The zero-order chi connectivity index (χ0) is 9.14. The van der Waals surface area contributed by atoms with Gasteiger partial charge in [0, 0.05) is 12.2 Å². The van der Waals surface area contributed by atoms with E-state index in [0.717, 1.165) is 5.56 Å². The Kier molecular flexibility index (Phi) is 2.50. The van der Waals surface area contributed by atoms with Crippen LogP contribution < -0.4 is 5.73 Å². The molecule has 1 atom stereocenters. The summed E-state index contributed by atoms with van der Waals surface area (Å²) in [4.78, 5) is 13.7. The highest BCUT2D eigenvalue weighted by Crippen LogP contribution is 2.11. The Balaban J connectivity index is 2.84. The van der Waals surface area contributed by atoms with E-state index >= 15 is 0 Å². The van der Waals surface area contributed by atoms with E-state index in [1.54, 1.807) is 12.3 Å². The molecule has 0 radical (unpaired) electrons. The van der Waals surface area contributed by atoms with Crippen molar-refractivity contribution in [3.8, 4) is 0 Å². The Morgan fingerprint density at radius 2 is 2.42 bits per heavy atom. The molecule has 0 bridgehead atoms. The van der Waals surface area contributed by atoms with Crippen molar-refractivity contribution >= 4 is 5.97 Å². The zero-order valence-electron chi connectivity index (χ0n) is 7.13. The molecule has 1 aromatic heterocycles. The van der Waals surface area contributed by atoms with E-state index in [1.807, 2.05) is 6.92 Å². The zero-order valence-corrected chi connectivity index (χ0v) is 7.13. The molecule has 0 saturated carbocycles. The Labute approximate surface area is 70.7 Å². The Bertz CT molecular complexity index is 278. The highest BCUT2D eigenvalue weighted by Gasteiger charge is 2.09. The first kappa shape index (κ1) is 8.80. The first-order chi connectivity index (χ1) is 5.65. The molecule has 0 aliphatic carbocycles. The van der Waals surface area contributed by atoms with Gasteiger partial charge < -0.3 is 15.5 Å². The van der Waals surface area contributed by atoms with Crippen LogP contribution in [0, 0.1) is 0 Å². The second-order valence-electron chi connectivity index (χ2n) is 2.63. The Hall–Kier alpha value is -1.29. The number of hydrogen-bond donors (Lipinski definition) is 2. The molecule has 0 aliphatic heterocycles. The van der Waals surface area contributed by atoms with Crippen LogP contribution in [0.3, 0.4) is 0 Å². The maximum Gasteiger partial charge on any atom is 0.354 e. The second-order valence-corrected chi connectivity index (χ2v) is 2.63. The summed E-state index contributed by atoms with van der Waals surface area (Å²) in [7, 11) is 1.34. The van der Waals surface area contributed by atoms with Gasteiger partial charge in [-0.15, -0.1) is 0 Å². The molecule has 12 heavy (non-hydrogen) atoms. The summed E-state index contributed by atoms with van der Waals surface area (Å²) in [5.74, 6) is -0.373. The fourth-order valence-electron chi connectivity index (χ4n) is 0.902. The van der Waals surface area contributed by atoms with Crippen LogP contribution in [0.25, 0.3) is 0 Å². The minimum absolute atomic E-state index is 0.0698. The van der Waals surface area contributed by atoms with Crippen LogP contribution in [-0.2, 0) is 4.74 Å². The SMILES string of the molecule is COC(=O)c1cc([C@H](C)N)c[nH]1. The molecule has 0 fully saturated rings. The minimum Gasteiger partial charge on any atom is -0.464 e. The molecule has 4 nitrogen and oxygen atoms in total.